The standard InChI is InChI=1S/C17H17FN2O3/c1-23-16(21)9-11-20(12-13-6-4-5-10-19-13)17(22)14-7-2-3-8-15(14)18/h2-8,10H,9,11-12H2,1H3. The SMILES string of the molecule is COC(=O)CCN(Cc1ccccn1)C(=O)c1ccccc1F. The van der Waals surface area contributed by atoms with Crippen LogP contribution in [0.1, 0.15) is 22.5 Å². The van der Waals surface area contributed by atoms with Crippen LogP contribution in [0.4, 0.5) is 4.39 Å². The molecule has 0 bridgehead atoms. The Kier molecular flexibility index (Phi) is 5.80. The Morgan fingerprint density at radius 1 is 1.17 bits per heavy atom. The van der Waals surface area contributed by atoms with Gasteiger partial charge < -0.3 is 9.64 Å². The summed E-state index contributed by atoms with van der Waals surface area (Å²) in [5.41, 5.74) is 0.621. The molecule has 0 unspecified atom stereocenters. The fraction of sp³-hybridized carbons (Fsp3) is 0.235. The van der Waals surface area contributed by atoms with E-state index < -0.39 is 17.7 Å². The third-order valence-electron chi connectivity index (χ3n) is 3.28. The van der Waals surface area contributed by atoms with Crippen molar-refractivity contribution in [1.29, 1.82) is 0 Å². The van der Waals surface area contributed by atoms with Crippen molar-refractivity contribution in [2.45, 2.75) is 13.0 Å². The first-order valence-corrected chi connectivity index (χ1v) is 7.12. The molecule has 0 aliphatic rings. The normalized spacial score (nSPS) is 10.2. The molecule has 0 saturated heterocycles. The van der Waals surface area contributed by atoms with E-state index in [1.807, 2.05) is 0 Å². The molecular formula is C17H17FN2O3. The van der Waals surface area contributed by atoms with Gasteiger partial charge in [-0.1, -0.05) is 18.2 Å². The smallest absolute Gasteiger partial charge is 0.307 e. The van der Waals surface area contributed by atoms with Crippen LogP contribution in [0.2, 0.25) is 0 Å². The molecule has 0 spiro atoms. The van der Waals surface area contributed by atoms with Gasteiger partial charge in [-0.2, -0.15) is 0 Å². The Labute approximate surface area is 133 Å². The fourth-order valence-electron chi connectivity index (χ4n) is 2.07. The molecule has 2 rings (SSSR count). The van der Waals surface area contributed by atoms with E-state index in [1.165, 1.54) is 30.2 Å². The Bertz CT molecular complexity index is 677. The molecule has 0 atom stereocenters. The number of benzene rings is 1. The van der Waals surface area contributed by atoms with Crippen molar-refractivity contribution < 1.29 is 18.7 Å². The lowest BCUT2D eigenvalue weighted by atomic mass is 10.1. The molecule has 0 saturated carbocycles. The highest BCUT2D eigenvalue weighted by Crippen LogP contribution is 2.13. The van der Waals surface area contributed by atoms with E-state index in [-0.39, 0.29) is 25.1 Å². The Hall–Kier alpha value is -2.76. The first-order chi connectivity index (χ1) is 11.1. The predicted molar refractivity (Wildman–Crippen MR) is 82.0 cm³/mol. The zero-order valence-corrected chi connectivity index (χ0v) is 12.7. The summed E-state index contributed by atoms with van der Waals surface area (Å²) in [6, 6.07) is 11.1. The van der Waals surface area contributed by atoms with Crippen LogP contribution >= 0.6 is 0 Å². The molecule has 1 aromatic heterocycles. The molecule has 1 heterocycles. The van der Waals surface area contributed by atoms with Gasteiger partial charge in [0.1, 0.15) is 5.82 Å². The molecule has 0 fully saturated rings. The molecule has 1 aromatic carbocycles. The Balaban J connectivity index is 2.20. The van der Waals surface area contributed by atoms with Crippen LogP contribution in [-0.4, -0.2) is 35.4 Å². The van der Waals surface area contributed by atoms with Crippen LogP contribution in [0.3, 0.4) is 0 Å². The van der Waals surface area contributed by atoms with Crippen molar-refractivity contribution in [2.24, 2.45) is 0 Å². The second kappa shape index (κ2) is 8.03. The first kappa shape index (κ1) is 16.6. The van der Waals surface area contributed by atoms with Crippen LogP contribution < -0.4 is 0 Å². The molecule has 5 nitrogen and oxygen atoms in total. The van der Waals surface area contributed by atoms with E-state index >= 15 is 0 Å². The van der Waals surface area contributed by atoms with Crippen molar-refractivity contribution >= 4 is 11.9 Å². The molecule has 1 amide bonds. The largest absolute Gasteiger partial charge is 0.469 e. The molecule has 0 radical (unpaired) electrons. The number of hydrogen-bond acceptors (Lipinski definition) is 4. The number of hydrogen-bond donors (Lipinski definition) is 0. The minimum Gasteiger partial charge on any atom is -0.469 e. The number of aromatic nitrogens is 1. The van der Waals surface area contributed by atoms with Gasteiger partial charge in [-0.25, -0.2) is 4.39 Å². The Morgan fingerprint density at radius 3 is 2.57 bits per heavy atom. The molecule has 0 aliphatic carbocycles. The van der Waals surface area contributed by atoms with Crippen molar-refractivity contribution in [3.63, 3.8) is 0 Å². The number of ether oxygens (including phenoxy) is 1. The molecular weight excluding hydrogens is 299 g/mol. The lowest BCUT2D eigenvalue weighted by Crippen LogP contribution is -2.33. The van der Waals surface area contributed by atoms with Crippen LogP contribution in [0.5, 0.6) is 0 Å². The second-order valence-electron chi connectivity index (χ2n) is 4.85. The third-order valence-corrected chi connectivity index (χ3v) is 3.28. The first-order valence-electron chi connectivity index (χ1n) is 7.12. The molecule has 0 N–H and O–H groups in total. The van der Waals surface area contributed by atoms with E-state index in [0.29, 0.717) is 5.69 Å². The topological polar surface area (TPSA) is 59.5 Å². The van der Waals surface area contributed by atoms with Crippen molar-refractivity contribution in [3.8, 4) is 0 Å². The Morgan fingerprint density at radius 2 is 1.91 bits per heavy atom. The van der Waals surface area contributed by atoms with Crippen LogP contribution in [-0.2, 0) is 16.1 Å². The summed E-state index contributed by atoms with van der Waals surface area (Å²) in [4.78, 5) is 29.5. The van der Waals surface area contributed by atoms with Crippen LogP contribution in [0.15, 0.2) is 48.7 Å². The minimum atomic E-state index is -0.596. The monoisotopic (exact) mass is 316 g/mol. The van der Waals surface area contributed by atoms with Crippen molar-refractivity contribution in [2.75, 3.05) is 13.7 Å². The maximum absolute atomic E-state index is 13.8. The molecule has 2 aromatic rings. The zero-order valence-electron chi connectivity index (χ0n) is 12.7. The number of amides is 1. The molecule has 0 aliphatic heterocycles. The van der Waals surface area contributed by atoms with Gasteiger partial charge in [-0.15, -0.1) is 0 Å². The van der Waals surface area contributed by atoms with Gasteiger partial charge in [0.05, 0.1) is 31.3 Å². The lowest BCUT2D eigenvalue weighted by molar-refractivity contribution is -0.140. The van der Waals surface area contributed by atoms with E-state index in [2.05, 4.69) is 9.72 Å². The van der Waals surface area contributed by atoms with Gasteiger partial charge in [0, 0.05) is 12.7 Å². The highest BCUT2D eigenvalue weighted by atomic mass is 19.1. The van der Waals surface area contributed by atoms with Crippen LogP contribution in [0.25, 0.3) is 0 Å². The average molecular weight is 316 g/mol. The number of carbonyl (C=O) groups excluding carboxylic acids is 2. The fourth-order valence-corrected chi connectivity index (χ4v) is 2.07. The third kappa shape index (κ3) is 4.60. The number of nitrogens with zero attached hydrogens (tertiary/aromatic N) is 2. The summed E-state index contributed by atoms with van der Waals surface area (Å²) in [5, 5.41) is 0. The highest BCUT2D eigenvalue weighted by Gasteiger charge is 2.20. The molecule has 6 heteroatoms. The number of halogens is 1. The van der Waals surface area contributed by atoms with E-state index in [9.17, 15) is 14.0 Å². The number of pyridine rings is 1. The number of rotatable bonds is 6. The van der Waals surface area contributed by atoms with Gasteiger partial charge >= 0.3 is 5.97 Å². The summed E-state index contributed by atoms with van der Waals surface area (Å²) in [5.74, 6) is -1.52. The summed E-state index contributed by atoms with van der Waals surface area (Å²) in [7, 11) is 1.28. The molecule has 23 heavy (non-hydrogen) atoms. The lowest BCUT2D eigenvalue weighted by Gasteiger charge is -2.22. The van der Waals surface area contributed by atoms with E-state index in [1.54, 1.807) is 30.5 Å². The van der Waals surface area contributed by atoms with Crippen molar-refractivity contribution in [1.82, 2.24) is 9.88 Å². The maximum Gasteiger partial charge on any atom is 0.307 e. The maximum atomic E-state index is 13.8. The van der Waals surface area contributed by atoms with Gasteiger partial charge in [0.15, 0.2) is 0 Å². The summed E-state index contributed by atoms with van der Waals surface area (Å²) in [6.07, 6.45) is 1.64. The number of methoxy groups -OCH3 is 1. The number of esters is 1. The zero-order chi connectivity index (χ0) is 16.7. The second-order valence-corrected chi connectivity index (χ2v) is 4.85. The van der Waals surface area contributed by atoms with Gasteiger partial charge in [0.2, 0.25) is 0 Å². The summed E-state index contributed by atoms with van der Waals surface area (Å²) >= 11 is 0. The summed E-state index contributed by atoms with van der Waals surface area (Å²) < 4.78 is 18.4. The molecule has 120 valence electrons. The minimum absolute atomic E-state index is 0.0313. The van der Waals surface area contributed by atoms with Gasteiger partial charge in [-0.05, 0) is 24.3 Å². The number of carbonyl (C=O) groups is 2. The summed E-state index contributed by atoms with van der Waals surface area (Å²) in [6.45, 7) is 0.307. The average Bonchev–Trinajstić information content (AvgIpc) is 2.59. The van der Waals surface area contributed by atoms with E-state index in [4.69, 9.17) is 0 Å². The quantitative estimate of drug-likeness (QED) is 0.768. The van der Waals surface area contributed by atoms with E-state index in [0.717, 1.165) is 0 Å². The van der Waals surface area contributed by atoms with Gasteiger partial charge in [-0.3, -0.25) is 14.6 Å². The van der Waals surface area contributed by atoms with Crippen molar-refractivity contribution in [3.05, 3.63) is 65.7 Å². The van der Waals surface area contributed by atoms with Gasteiger partial charge in [0.25, 0.3) is 5.91 Å². The van der Waals surface area contributed by atoms with Crippen LogP contribution in [0, 0.1) is 5.82 Å². The predicted octanol–water partition coefficient (Wildman–Crippen LogP) is 2.43. The highest BCUT2D eigenvalue weighted by molar-refractivity contribution is 5.94.